The number of para-hydroxylation sites is 1. The molecule has 5 aromatic rings. The summed E-state index contributed by atoms with van der Waals surface area (Å²) in [4.78, 5) is 24.5. The van der Waals surface area contributed by atoms with E-state index in [1.54, 1.807) is 13.1 Å². The summed E-state index contributed by atoms with van der Waals surface area (Å²) in [6.07, 6.45) is 3.86. The number of hydrogen-bond donors (Lipinski definition) is 4. The fraction of sp³-hybridized carbons (Fsp3) is 0.324. The number of benzene rings is 2. The minimum absolute atomic E-state index is 0.0634. The molecular weight excluding hydrogens is 680 g/mol. The molecule has 258 valence electrons. The summed E-state index contributed by atoms with van der Waals surface area (Å²) in [7, 11) is 1.78. The lowest BCUT2D eigenvalue weighted by Gasteiger charge is -2.15. The van der Waals surface area contributed by atoms with Gasteiger partial charge >= 0.3 is 5.97 Å². The van der Waals surface area contributed by atoms with Crippen LogP contribution in [0.5, 0.6) is 5.75 Å². The van der Waals surface area contributed by atoms with Crippen LogP contribution in [0.15, 0.2) is 47.6 Å². The molecule has 16 heteroatoms. The molecule has 0 aliphatic heterocycles. The third-order valence-corrected chi connectivity index (χ3v) is 9.45. The van der Waals surface area contributed by atoms with Gasteiger partial charge in [-0.1, -0.05) is 46.8 Å². The summed E-state index contributed by atoms with van der Waals surface area (Å²) in [6.45, 7) is 3.06. The molecule has 3 aromatic heterocycles. The molecule has 0 bridgehead atoms. The van der Waals surface area contributed by atoms with Crippen molar-refractivity contribution in [2.45, 2.75) is 45.4 Å². The molecule has 0 aliphatic rings. The smallest absolute Gasteiger partial charge is 0.355 e. The summed E-state index contributed by atoms with van der Waals surface area (Å²) in [5.74, 6) is 5.25. The van der Waals surface area contributed by atoms with Gasteiger partial charge in [0.1, 0.15) is 0 Å². The molecule has 2 aromatic carbocycles. The molecule has 0 aliphatic carbocycles. The van der Waals surface area contributed by atoms with Crippen LogP contribution in [0.4, 0.5) is 26.3 Å². The first-order valence-corrected chi connectivity index (χ1v) is 17.5. The number of anilines is 4. The van der Waals surface area contributed by atoms with E-state index in [0.29, 0.717) is 64.7 Å². The molecule has 0 fully saturated rings. The number of hydrogen-bond acceptors (Lipinski definition) is 12. The number of carboxylic acids is 1. The molecular formula is C34H35FN10O3S2. The van der Waals surface area contributed by atoms with E-state index < -0.39 is 11.8 Å². The number of unbranched alkanes of at least 4 members (excludes halogenated alkanes) is 2. The van der Waals surface area contributed by atoms with Crippen LogP contribution >= 0.6 is 22.7 Å². The highest BCUT2D eigenvalue weighted by atomic mass is 32.1. The van der Waals surface area contributed by atoms with Crippen molar-refractivity contribution in [3.63, 3.8) is 0 Å². The number of aromatic carboxylic acids is 1. The number of nitrogens with zero attached hydrogens (tertiary/aromatic N) is 7. The van der Waals surface area contributed by atoms with Gasteiger partial charge in [-0.25, -0.2) is 19.2 Å². The zero-order valence-corrected chi connectivity index (χ0v) is 29.1. The number of ether oxygens (including phenoxy) is 1. The molecule has 0 atom stereocenters. The van der Waals surface area contributed by atoms with Crippen LogP contribution in [0, 0.1) is 24.6 Å². The van der Waals surface area contributed by atoms with E-state index >= 15 is 0 Å². The lowest BCUT2D eigenvalue weighted by atomic mass is 10.0. The Morgan fingerprint density at radius 3 is 2.62 bits per heavy atom. The fourth-order valence-electron chi connectivity index (χ4n) is 5.00. The summed E-state index contributed by atoms with van der Waals surface area (Å²) in [5, 5.41) is 32.9. The second kappa shape index (κ2) is 17.9. The van der Waals surface area contributed by atoms with Crippen molar-refractivity contribution in [3.8, 4) is 17.6 Å². The van der Waals surface area contributed by atoms with Crippen molar-refractivity contribution in [2.75, 3.05) is 37.4 Å². The van der Waals surface area contributed by atoms with Gasteiger partial charge in [0.25, 0.3) is 0 Å². The van der Waals surface area contributed by atoms with E-state index in [1.165, 1.54) is 34.8 Å². The quantitative estimate of drug-likeness (QED) is 0.0244. The highest BCUT2D eigenvalue weighted by Gasteiger charge is 2.21. The molecule has 0 saturated carbocycles. The highest BCUT2D eigenvalue weighted by Crippen LogP contribution is 2.33. The van der Waals surface area contributed by atoms with Gasteiger partial charge in [-0.2, -0.15) is 0 Å². The molecule has 0 radical (unpaired) electrons. The standard InChI is InChI=1S/C34H35FN10O3S2/c1-21-23(11-4-3-7-18-38-45-36)31(44-43-30(21)41-33-39-25-12-5-6-13-27(25)49-33)42-34-40-29(32(46)47)28(50-34)14-9-19-48-26-16-15-22(20-24(26)35)10-8-17-37-2/h5-6,12-13,15-16,20,37H,3-4,7,9,11,14,17-19H2,1-2H3,(H,46,47)(H,39,41,43)(H,40,42,44). The third-order valence-electron chi connectivity index (χ3n) is 7.47. The number of carboxylic acid groups (broad SMARTS) is 1. The van der Waals surface area contributed by atoms with Crippen molar-refractivity contribution in [2.24, 2.45) is 5.11 Å². The number of nitrogens with one attached hydrogen (secondary N) is 3. The number of rotatable bonds is 17. The van der Waals surface area contributed by atoms with Crippen LogP contribution in [0.2, 0.25) is 0 Å². The molecule has 4 N–H and O–H groups in total. The normalized spacial score (nSPS) is 10.7. The van der Waals surface area contributed by atoms with E-state index in [-0.39, 0.29) is 18.1 Å². The number of azide groups is 1. The maximum atomic E-state index is 14.5. The van der Waals surface area contributed by atoms with E-state index in [4.69, 9.17) is 10.3 Å². The highest BCUT2D eigenvalue weighted by molar-refractivity contribution is 7.22. The summed E-state index contributed by atoms with van der Waals surface area (Å²) in [6, 6.07) is 12.4. The average molecular weight is 715 g/mol. The molecule has 5 rings (SSSR count). The minimum atomic E-state index is -1.15. The van der Waals surface area contributed by atoms with Gasteiger partial charge in [0.05, 0.1) is 23.4 Å². The number of thiazole rings is 2. The number of aryl methyl sites for hydroxylation is 1. The first kappa shape index (κ1) is 36.0. The molecule has 0 unspecified atom stereocenters. The van der Waals surface area contributed by atoms with Gasteiger partial charge in [0.15, 0.2) is 39.2 Å². The predicted octanol–water partition coefficient (Wildman–Crippen LogP) is 7.78. The fourth-order valence-corrected chi connectivity index (χ4v) is 6.86. The van der Waals surface area contributed by atoms with Crippen molar-refractivity contribution < 1.29 is 19.0 Å². The number of fused-ring (bicyclic) bond motifs is 1. The molecule has 50 heavy (non-hydrogen) atoms. The molecule has 13 nitrogen and oxygen atoms in total. The first-order chi connectivity index (χ1) is 24.4. The predicted molar refractivity (Wildman–Crippen MR) is 195 cm³/mol. The molecule has 0 saturated heterocycles. The van der Waals surface area contributed by atoms with Crippen molar-refractivity contribution >= 4 is 60.8 Å². The van der Waals surface area contributed by atoms with Gasteiger partial charge < -0.3 is 25.8 Å². The Morgan fingerprint density at radius 1 is 1.04 bits per heavy atom. The maximum absolute atomic E-state index is 14.5. The summed E-state index contributed by atoms with van der Waals surface area (Å²) < 4.78 is 21.2. The average Bonchev–Trinajstić information content (AvgIpc) is 3.71. The van der Waals surface area contributed by atoms with Crippen LogP contribution in [0.1, 0.15) is 57.7 Å². The van der Waals surface area contributed by atoms with Crippen molar-refractivity contribution in [1.82, 2.24) is 25.5 Å². The van der Waals surface area contributed by atoms with Gasteiger partial charge in [-0.05, 0) is 81.9 Å². The summed E-state index contributed by atoms with van der Waals surface area (Å²) in [5.41, 5.74) is 11.7. The topological polar surface area (TPSA) is 183 Å². The molecule has 3 heterocycles. The first-order valence-electron chi connectivity index (χ1n) is 15.9. The van der Waals surface area contributed by atoms with E-state index in [0.717, 1.165) is 40.6 Å². The monoisotopic (exact) mass is 714 g/mol. The molecule has 0 amide bonds. The zero-order chi connectivity index (χ0) is 35.3. The van der Waals surface area contributed by atoms with Crippen molar-refractivity contribution in [3.05, 3.63) is 86.0 Å². The Labute approximate surface area is 296 Å². The van der Waals surface area contributed by atoms with Gasteiger partial charge in [0, 0.05) is 33.0 Å². The van der Waals surface area contributed by atoms with Crippen LogP contribution in [0.25, 0.3) is 20.7 Å². The second-order valence-corrected chi connectivity index (χ2v) is 13.1. The van der Waals surface area contributed by atoms with Crippen molar-refractivity contribution in [1.29, 1.82) is 0 Å². The zero-order valence-electron chi connectivity index (χ0n) is 27.5. The van der Waals surface area contributed by atoms with Crippen LogP contribution in [0.3, 0.4) is 0 Å². The number of aromatic nitrogens is 4. The second-order valence-electron chi connectivity index (χ2n) is 11.0. The van der Waals surface area contributed by atoms with E-state index in [2.05, 4.69) is 58.0 Å². The van der Waals surface area contributed by atoms with E-state index in [9.17, 15) is 14.3 Å². The SMILES string of the molecule is CNCC#Cc1ccc(OCCCc2sc(Nc3nnc(Nc4nc5ccccc5s4)c(C)c3CCCCCN=[N+]=[N-])nc2C(=O)O)c(F)c1. The maximum Gasteiger partial charge on any atom is 0.355 e. The van der Waals surface area contributed by atoms with E-state index in [1.807, 2.05) is 31.2 Å². The Morgan fingerprint density at radius 2 is 1.84 bits per heavy atom. The largest absolute Gasteiger partial charge is 0.491 e. The number of carbonyl (C=O) groups is 1. The van der Waals surface area contributed by atoms with Crippen LogP contribution < -0.4 is 20.7 Å². The third kappa shape index (κ3) is 9.64. The summed E-state index contributed by atoms with van der Waals surface area (Å²) >= 11 is 2.73. The minimum Gasteiger partial charge on any atom is -0.491 e. The van der Waals surface area contributed by atoms with Crippen LogP contribution in [-0.2, 0) is 12.8 Å². The molecule has 0 spiro atoms. The Bertz CT molecular complexity index is 2030. The van der Waals surface area contributed by atoms with Gasteiger partial charge in [-0.15, -0.1) is 21.5 Å². The Balaban J connectivity index is 1.29. The van der Waals surface area contributed by atoms with Gasteiger partial charge in [0.2, 0.25) is 0 Å². The number of halogens is 1. The van der Waals surface area contributed by atoms with Gasteiger partial charge in [-0.3, -0.25) is 0 Å². The van der Waals surface area contributed by atoms with Crippen LogP contribution in [-0.4, -0.2) is 58.0 Å². The Hall–Kier alpha value is -5.33. The lowest BCUT2D eigenvalue weighted by Crippen LogP contribution is -2.08. The lowest BCUT2D eigenvalue weighted by molar-refractivity contribution is 0.0690. The Kier molecular flexibility index (Phi) is 12.9.